The Labute approximate surface area is 264 Å². The fraction of sp³-hybridized carbons (Fsp3) is 0.400. The van der Waals surface area contributed by atoms with Crippen molar-refractivity contribution in [2.75, 3.05) is 0 Å². The molecule has 0 aliphatic carbocycles. The van der Waals surface area contributed by atoms with Gasteiger partial charge in [-0.3, -0.25) is 9.98 Å². The van der Waals surface area contributed by atoms with E-state index in [1.54, 1.807) is 12.4 Å². The zero-order valence-electron chi connectivity index (χ0n) is 27.9. The fourth-order valence-electron chi connectivity index (χ4n) is 5.56. The molecule has 0 unspecified atom stereocenters. The molecule has 0 aliphatic heterocycles. The van der Waals surface area contributed by atoms with E-state index in [0.717, 1.165) is 70.1 Å². The lowest BCUT2D eigenvalue weighted by Gasteiger charge is -2.15. The number of benzene rings is 4. The van der Waals surface area contributed by atoms with Gasteiger partial charge in [-0.25, -0.2) is 0 Å². The summed E-state index contributed by atoms with van der Waals surface area (Å²) in [4.78, 5) is 9.84. The maximum atomic E-state index is 11.2. The summed E-state index contributed by atoms with van der Waals surface area (Å²) in [7, 11) is 0. The molecule has 0 amide bonds. The third-order valence-corrected chi connectivity index (χ3v) is 8.27. The third-order valence-electron chi connectivity index (χ3n) is 8.27. The molecule has 44 heavy (non-hydrogen) atoms. The summed E-state index contributed by atoms with van der Waals surface area (Å²) in [6, 6.07) is 20.5. The number of hydrogen-bond donors (Lipinski definition) is 2. The Balaban J connectivity index is 1.76. The van der Waals surface area contributed by atoms with E-state index >= 15 is 0 Å². The van der Waals surface area contributed by atoms with Crippen LogP contribution in [0.15, 0.2) is 70.6 Å². The molecule has 4 heteroatoms. The van der Waals surface area contributed by atoms with Crippen molar-refractivity contribution in [2.24, 2.45) is 21.8 Å². The van der Waals surface area contributed by atoms with Gasteiger partial charge in [-0.2, -0.15) is 0 Å². The van der Waals surface area contributed by atoms with E-state index in [1.807, 2.05) is 24.3 Å². The second-order valence-corrected chi connectivity index (χ2v) is 13.6. The average Bonchev–Trinajstić information content (AvgIpc) is 2.98. The number of hydrogen-bond acceptors (Lipinski definition) is 4. The van der Waals surface area contributed by atoms with Gasteiger partial charge in [-0.15, -0.1) is 0 Å². The lowest BCUT2D eigenvalue weighted by Crippen LogP contribution is -1.99. The van der Waals surface area contributed by atoms with E-state index in [4.69, 9.17) is 9.98 Å². The van der Waals surface area contributed by atoms with E-state index in [-0.39, 0.29) is 11.8 Å². The zero-order chi connectivity index (χ0) is 32.0. The summed E-state index contributed by atoms with van der Waals surface area (Å²) < 4.78 is 0. The van der Waals surface area contributed by atoms with E-state index in [2.05, 4.69) is 91.8 Å². The molecule has 0 aliphatic rings. The second kappa shape index (κ2) is 14.7. The van der Waals surface area contributed by atoms with Crippen LogP contribution in [0.1, 0.15) is 113 Å². The van der Waals surface area contributed by atoms with Crippen LogP contribution in [0.25, 0.3) is 10.8 Å². The smallest absolute Gasteiger partial charge is 0.127 e. The van der Waals surface area contributed by atoms with Crippen LogP contribution in [0.3, 0.4) is 0 Å². The Morgan fingerprint density at radius 2 is 1.00 bits per heavy atom. The first-order valence-corrected chi connectivity index (χ1v) is 16.3. The predicted octanol–water partition coefficient (Wildman–Crippen LogP) is 11.2. The average molecular weight is 591 g/mol. The van der Waals surface area contributed by atoms with Crippen molar-refractivity contribution < 1.29 is 10.2 Å². The van der Waals surface area contributed by atoms with Gasteiger partial charge in [0.2, 0.25) is 0 Å². The minimum atomic E-state index is 0.205. The highest BCUT2D eigenvalue weighted by molar-refractivity contribution is 6.04. The molecular weight excluding hydrogens is 540 g/mol. The van der Waals surface area contributed by atoms with E-state index in [0.29, 0.717) is 23.3 Å². The summed E-state index contributed by atoms with van der Waals surface area (Å²) in [5.41, 5.74) is 7.38. The summed E-state index contributed by atoms with van der Waals surface area (Å²) in [6.45, 7) is 17.4. The molecule has 2 N–H and O–H groups in total. The van der Waals surface area contributed by atoms with Crippen molar-refractivity contribution in [3.63, 3.8) is 0 Å². The van der Waals surface area contributed by atoms with Crippen LogP contribution in [0.2, 0.25) is 0 Å². The van der Waals surface area contributed by atoms with E-state index in [9.17, 15) is 10.2 Å². The topological polar surface area (TPSA) is 65.2 Å². The number of phenols is 2. The maximum absolute atomic E-state index is 11.2. The second-order valence-electron chi connectivity index (χ2n) is 13.6. The quantitative estimate of drug-likeness (QED) is 0.161. The van der Waals surface area contributed by atoms with Gasteiger partial charge >= 0.3 is 0 Å². The van der Waals surface area contributed by atoms with Crippen LogP contribution in [0, 0.1) is 11.8 Å². The SMILES string of the molecule is CC(C)CCc1cc(C=Nc2cccc3cccc(N=Cc4cc(CCC(C)C)cc(C(C)C)c4O)c23)c(O)c(C(C)C)c1. The zero-order valence-corrected chi connectivity index (χ0v) is 27.9. The number of fused-ring (bicyclic) bond motifs is 1. The first kappa shape index (κ1) is 33.0. The first-order chi connectivity index (χ1) is 20.9. The first-order valence-electron chi connectivity index (χ1n) is 16.3. The minimum absolute atomic E-state index is 0.205. The van der Waals surface area contributed by atoms with Gasteiger partial charge in [0.1, 0.15) is 11.5 Å². The van der Waals surface area contributed by atoms with Crippen LogP contribution >= 0.6 is 0 Å². The standard InChI is InChI=1S/C40H50N2O2/c1-25(2)15-17-29-19-32(39(43)34(21-29)27(5)6)23-41-36-13-9-11-31-12-10-14-37(38(31)36)42-24-33-20-30(18-16-26(3)4)22-35(28(7)8)40(33)44/h9-14,19-28,43-44H,15-18H2,1-8H3. The Bertz CT molecular complexity index is 1530. The van der Waals surface area contributed by atoms with Gasteiger partial charge in [0.15, 0.2) is 0 Å². The largest absolute Gasteiger partial charge is 0.507 e. The predicted molar refractivity (Wildman–Crippen MR) is 189 cm³/mol. The molecule has 232 valence electrons. The normalized spacial score (nSPS) is 12.4. The van der Waals surface area contributed by atoms with Crippen molar-refractivity contribution >= 4 is 34.6 Å². The van der Waals surface area contributed by atoms with Crippen LogP contribution in [0.5, 0.6) is 11.5 Å². The van der Waals surface area contributed by atoms with Gasteiger partial charge < -0.3 is 10.2 Å². The summed E-state index contributed by atoms with van der Waals surface area (Å²) >= 11 is 0. The Kier molecular flexibility index (Phi) is 11.0. The molecule has 0 saturated carbocycles. The molecule has 4 aromatic carbocycles. The summed E-state index contributed by atoms with van der Waals surface area (Å²) in [5.74, 6) is 2.22. The Morgan fingerprint density at radius 3 is 1.36 bits per heavy atom. The molecule has 0 bridgehead atoms. The molecule has 0 spiro atoms. The lowest BCUT2D eigenvalue weighted by molar-refractivity contribution is 0.463. The molecule has 4 rings (SSSR count). The molecular formula is C40H50N2O2. The van der Waals surface area contributed by atoms with Crippen molar-refractivity contribution in [3.8, 4) is 11.5 Å². The fourth-order valence-corrected chi connectivity index (χ4v) is 5.56. The number of rotatable bonds is 12. The number of phenolic OH excluding ortho intramolecular Hbond substituents is 2. The number of aliphatic imine (C=N–C) groups is 2. The van der Waals surface area contributed by atoms with Gasteiger partial charge in [0.05, 0.1) is 11.4 Å². The molecule has 4 aromatic rings. The monoisotopic (exact) mass is 590 g/mol. The third kappa shape index (κ3) is 8.16. The Hall–Kier alpha value is -3.92. The van der Waals surface area contributed by atoms with Crippen LogP contribution in [-0.4, -0.2) is 22.6 Å². The molecule has 0 fully saturated rings. The van der Waals surface area contributed by atoms with Crippen molar-refractivity contribution in [1.82, 2.24) is 0 Å². The lowest BCUT2D eigenvalue weighted by atomic mass is 9.93. The number of aromatic hydroxyl groups is 2. The maximum Gasteiger partial charge on any atom is 0.127 e. The van der Waals surface area contributed by atoms with Crippen LogP contribution < -0.4 is 0 Å². The Morgan fingerprint density at radius 1 is 0.591 bits per heavy atom. The van der Waals surface area contributed by atoms with Gasteiger partial charge in [0.25, 0.3) is 0 Å². The summed E-state index contributed by atoms with van der Waals surface area (Å²) in [6.07, 6.45) is 7.70. The van der Waals surface area contributed by atoms with Crippen molar-refractivity contribution in [3.05, 3.63) is 94.0 Å². The van der Waals surface area contributed by atoms with Gasteiger partial charge in [0, 0.05) is 28.9 Å². The van der Waals surface area contributed by atoms with Crippen LogP contribution in [0.4, 0.5) is 11.4 Å². The summed E-state index contributed by atoms with van der Waals surface area (Å²) in [5, 5.41) is 24.3. The molecule has 0 saturated heterocycles. The van der Waals surface area contributed by atoms with E-state index < -0.39 is 0 Å². The minimum Gasteiger partial charge on any atom is -0.507 e. The molecule has 0 aromatic heterocycles. The molecule has 4 nitrogen and oxygen atoms in total. The highest BCUT2D eigenvalue weighted by Gasteiger charge is 2.15. The van der Waals surface area contributed by atoms with Gasteiger partial charge in [-0.1, -0.05) is 91.8 Å². The highest BCUT2D eigenvalue weighted by Crippen LogP contribution is 2.37. The van der Waals surface area contributed by atoms with Crippen molar-refractivity contribution in [2.45, 2.75) is 92.9 Å². The molecule has 0 atom stereocenters. The van der Waals surface area contributed by atoms with Crippen LogP contribution in [-0.2, 0) is 12.8 Å². The van der Waals surface area contributed by atoms with Gasteiger partial charge in [-0.05, 0) is 101 Å². The molecule has 0 heterocycles. The van der Waals surface area contributed by atoms with Crippen molar-refractivity contribution in [1.29, 1.82) is 0 Å². The number of aryl methyl sites for hydroxylation is 2. The van der Waals surface area contributed by atoms with E-state index in [1.165, 1.54) is 11.1 Å². The highest BCUT2D eigenvalue weighted by atomic mass is 16.3. The molecule has 0 radical (unpaired) electrons. The number of nitrogens with zero attached hydrogens (tertiary/aromatic N) is 2.